The lowest BCUT2D eigenvalue weighted by atomic mass is 9.91. The van der Waals surface area contributed by atoms with Crippen LogP contribution in [0.5, 0.6) is 0 Å². The van der Waals surface area contributed by atoms with Crippen LogP contribution >= 0.6 is 0 Å². The molecule has 1 N–H and O–H groups in total. The fourth-order valence-corrected chi connectivity index (χ4v) is 1.96. The van der Waals surface area contributed by atoms with Crippen molar-refractivity contribution in [3.8, 4) is 0 Å². The molecule has 0 aliphatic carbocycles. The van der Waals surface area contributed by atoms with Gasteiger partial charge in [0.25, 0.3) is 0 Å². The molecular weight excluding hydrogens is 166 g/mol. The standard InChI is InChI=1S/C10H19NO2/c1-8-9(2)11(6-7-13-3)5-4-10(8)12/h8-9H,4-7H2,1-3H3/p+1/t8-,9+/m1/s1. The van der Waals surface area contributed by atoms with Gasteiger partial charge in [0.2, 0.25) is 0 Å². The zero-order chi connectivity index (χ0) is 9.84. The number of carbonyl (C=O) groups is 1. The molecular formula is C10H20NO2+. The van der Waals surface area contributed by atoms with E-state index < -0.39 is 0 Å². The van der Waals surface area contributed by atoms with E-state index in [4.69, 9.17) is 4.74 Å². The number of hydrogen-bond donors (Lipinski definition) is 1. The molecule has 3 atom stereocenters. The quantitative estimate of drug-likeness (QED) is 0.645. The summed E-state index contributed by atoms with van der Waals surface area (Å²) in [5, 5.41) is 0. The highest BCUT2D eigenvalue weighted by atomic mass is 16.5. The lowest BCUT2D eigenvalue weighted by Crippen LogP contribution is -3.17. The summed E-state index contributed by atoms with van der Waals surface area (Å²) < 4.78 is 5.05. The largest absolute Gasteiger partial charge is 0.379 e. The Morgan fingerprint density at radius 2 is 2.23 bits per heavy atom. The van der Waals surface area contributed by atoms with E-state index in [1.165, 1.54) is 4.90 Å². The zero-order valence-corrected chi connectivity index (χ0v) is 8.80. The molecule has 1 rings (SSSR count). The Labute approximate surface area is 80.1 Å². The second-order valence-electron chi connectivity index (χ2n) is 3.94. The maximum atomic E-state index is 11.4. The van der Waals surface area contributed by atoms with Crippen LogP contribution in [0.25, 0.3) is 0 Å². The number of methoxy groups -OCH3 is 1. The molecule has 0 spiro atoms. The summed E-state index contributed by atoms with van der Waals surface area (Å²) in [7, 11) is 1.72. The van der Waals surface area contributed by atoms with Gasteiger partial charge in [-0.2, -0.15) is 0 Å². The molecule has 3 heteroatoms. The SMILES string of the molecule is COCC[NH+]1CCC(=O)[C@H](C)[C@@H]1C. The molecule has 1 unspecified atom stereocenters. The molecule has 0 radical (unpaired) electrons. The number of piperidine rings is 1. The first kappa shape index (κ1) is 10.7. The summed E-state index contributed by atoms with van der Waals surface area (Å²) in [5.41, 5.74) is 0. The van der Waals surface area contributed by atoms with E-state index in [0.29, 0.717) is 11.8 Å². The van der Waals surface area contributed by atoms with Crippen molar-refractivity contribution in [1.82, 2.24) is 0 Å². The van der Waals surface area contributed by atoms with E-state index in [-0.39, 0.29) is 5.92 Å². The third-order valence-corrected chi connectivity index (χ3v) is 3.22. The number of quaternary nitrogens is 1. The minimum Gasteiger partial charge on any atom is -0.379 e. The Morgan fingerprint density at radius 1 is 1.54 bits per heavy atom. The van der Waals surface area contributed by atoms with Crippen LogP contribution in [0.2, 0.25) is 0 Å². The van der Waals surface area contributed by atoms with Crippen LogP contribution < -0.4 is 4.90 Å². The molecule has 1 aliphatic heterocycles. The Kier molecular flexibility index (Phi) is 3.88. The lowest BCUT2D eigenvalue weighted by molar-refractivity contribution is -0.928. The molecule has 1 aliphatic rings. The van der Waals surface area contributed by atoms with Crippen LogP contribution in [0.4, 0.5) is 0 Å². The van der Waals surface area contributed by atoms with Crippen LogP contribution in [-0.4, -0.2) is 38.6 Å². The third kappa shape index (κ3) is 2.51. The molecule has 1 fully saturated rings. The van der Waals surface area contributed by atoms with Crippen molar-refractivity contribution < 1.29 is 14.4 Å². The summed E-state index contributed by atoms with van der Waals surface area (Å²) in [6.45, 7) is 7.00. The monoisotopic (exact) mass is 186 g/mol. The topological polar surface area (TPSA) is 30.7 Å². The average Bonchev–Trinajstić information content (AvgIpc) is 2.13. The van der Waals surface area contributed by atoms with Gasteiger partial charge in [-0.3, -0.25) is 4.79 Å². The molecule has 3 nitrogen and oxygen atoms in total. The van der Waals surface area contributed by atoms with Gasteiger partial charge in [0.1, 0.15) is 12.3 Å². The van der Waals surface area contributed by atoms with Gasteiger partial charge in [0, 0.05) is 7.11 Å². The molecule has 0 aromatic carbocycles. The summed E-state index contributed by atoms with van der Waals surface area (Å²) in [6.07, 6.45) is 0.741. The summed E-state index contributed by atoms with van der Waals surface area (Å²) in [6, 6.07) is 0.455. The van der Waals surface area contributed by atoms with Crippen molar-refractivity contribution in [2.45, 2.75) is 26.3 Å². The summed E-state index contributed by atoms with van der Waals surface area (Å²) >= 11 is 0. The van der Waals surface area contributed by atoms with Crippen molar-refractivity contribution in [3.05, 3.63) is 0 Å². The van der Waals surface area contributed by atoms with E-state index in [9.17, 15) is 4.79 Å². The highest BCUT2D eigenvalue weighted by Gasteiger charge is 2.33. The van der Waals surface area contributed by atoms with Crippen molar-refractivity contribution in [2.24, 2.45) is 5.92 Å². The molecule has 1 saturated heterocycles. The predicted octanol–water partition coefficient (Wildman–Crippen LogP) is -0.485. The maximum absolute atomic E-state index is 11.4. The third-order valence-electron chi connectivity index (χ3n) is 3.22. The van der Waals surface area contributed by atoms with Gasteiger partial charge in [-0.05, 0) is 13.8 Å². The number of rotatable bonds is 3. The number of hydrogen-bond acceptors (Lipinski definition) is 2. The number of Topliss-reactive ketones (excluding diaryl/α,β-unsaturated/α-hetero) is 1. The van der Waals surface area contributed by atoms with Crippen LogP contribution in [0, 0.1) is 5.92 Å². The smallest absolute Gasteiger partial charge is 0.147 e. The van der Waals surface area contributed by atoms with Gasteiger partial charge < -0.3 is 9.64 Å². The first-order valence-corrected chi connectivity index (χ1v) is 5.03. The molecule has 0 aromatic rings. The number of carbonyl (C=O) groups excluding carboxylic acids is 1. The highest BCUT2D eigenvalue weighted by molar-refractivity contribution is 5.81. The molecule has 76 valence electrons. The van der Waals surface area contributed by atoms with E-state index in [1.807, 2.05) is 6.92 Å². The van der Waals surface area contributed by atoms with Gasteiger partial charge in [-0.15, -0.1) is 0 Å². The van der Waals surface area contributed by atoms with Crippen LogP contribution in [-0.2, 0) is 9.53 Å². The summed E-state index contributed by atoms with van der Waals surface area (Å²) in [5.74, 6) is 0.647. The Bertz CT molecular complexity index is 182. The molecule has 0 aromatic heterocycles. The van der Waals surface area contributed by atoms with Gasteiger partial charge in [0.15, 0.2) is 0 Å². The Morgan fingerprint density at radius 3 is 2.85 bits per heavy atom. The second-order valence-corrected chi connectivity index (χ2v) is 3.94. The molecule has 13 heavy (non-hydrogen) atoms. The van der Waals surface area contributed by atoms with Crippen LogP contribution in [0.3, 0.4) is 0 Å². The first-order chi connectivity index (χ1) is 6.16. The van der Waals surface area contributed by atoms with Crippen molar-refractivity contribution in [2.75, 3.05) is 26.8 Å². The van der Waals surface area contributed by atoms with Crippen molar-refractivity contribution in [3.63, 3.8) is 0 Å². The van der Waals surface area contributed by atoms with E-state index in [1.54, 1.807) is 7.11 Å². The Hall–Kier alpha value is -0.410. The minimum atomic E-state index is 0.223. The van der Waals surface area contributed by atoms with Crippen molar-refractivity contribution in [1.29, 1.82) is 0 Å². The average molecular weight is 186 g/mol. The molecule has 0 amide bonds. The highest BCUT2D eigenvalue weighted by Crippen LogP contribution is 2.07. The normalized spacial score (nSPS) is 35.0. The van der Waals surface area contributed by atoms with E-state index >= 15 is 0 Å². The first-order valence-electron chi connectivity index (χ1n) is 5.03. The van der Waals surface area contributed by atoms with E-state index in [2.05, 4.69) is 6.92 Å². The second kappa shape index (κ2) is 4.72. The number of likely N-dealkylation sites (tertiary alicyclic amines) is 1. The summed E-state index contributed by atoms with van der Waals surface area (Å²) in [4.78, 5) is 12.9. The predicted molar refractivity (Wildman–Crippen MR) is 50.8 cm³/mol. The number of ketones is 1. The number of ether oxygens (including phenoxy) is 1. The van der Waals surface area contributed by atoms with Gasteiger partial charge in [-0.25, -0.2) is 0 Å². The van der Waals surface area contributed by atoms with Gasteiger partial charge in [-0.1, -0.05) is 0 Å². The van der Waals surface area contributed by atoms with Gasteiger partial charge >= 0.3 is 0 Å². The lowest BCUT2D eigenvalue weighted by Gasteiger charge is -2.33. The van der Waals surface area contributed by atoms with Crippen LogP contribution in [0.1, 0.15) is 20.3 Å². The van der Waals surface area contributed by atoms with E-state index in [0.717, 1.165) is 26.1 Å². The molecule has 0 bridgehead atoms. The molecule has 0 saturated carbocycles. The molecule has 1 heterocycles. The zero-order valence-electron chi connectivity index (χ0n) is 8.80. The van der Waals surface area contributed by atoms with Gasteiger partial charge in [0.05, 0.1) is 31.5 Å². The Balaban J connectivity index is 2.44. The minimum absolute atomic E-state index is 0.223. The number of nitrogens with one attached hydrogen (secondary N) is 1. The van der Waals surface area contributed by atoms with Crippen molar-refractivity contribution >= 4 is 5.78 Å². The fourth-order valence-electron chi connectivity index (χ4n) is 1.96. The van der Waals surface area contributed by atoms with Crippen LogP contribution in [0.15, 0.2) is 0 Å². The fraction of sp³-hybridized carbons (Fsp3) is 0.900. The maximum Gasteiger partial charge on any atom is 0.147 e.